The van der Waals surface area contributed by atoms with Crippen molar-refractivity contribution >= 4 is 27.5 Å². The highest BCUT2D eigenvalue weighted by Crippen LogP contribution is 2.14. The fraction of sp³-hybridized carbons (Fsp3) is 0.235. The summed E-state index contributed by atoms with van der Waals surface area (Å²) in [6.07, 6.45) is 0. The molecule has 0 saturated heterocycles. The van der Waals surface area contributed by atoms with E-state index in [9.17, 15) is 9.18 Å². The quantitative estimate of drug-likeness (QED) is 0.838. The number of carbonyl (C=O) groups is 1. The van der Waals surface area contributed by atoms with Gasteiger partial charge in [0.1, 0.15) is 12.4 Å². The summed E-state index contributed by atoms with van der Waals surface area (Å²) in [5.41, 5.74) is 1.36. The van der Waals surface area contributed by atoms with Gasteiger partial charge in [0.05, 0.1) is 7.05 Å². The highest BCUT2D eigenvalue weighted by atomic mass is 79.9. The Morgan fingerprint density at radius 3 is 2.50 bits per heavy atom. The van der Waals surface area contributed by atoms with Crippen molar-refractivity contribution in [1.82, 2.24) is 0 Å². The van der Waals surface area contributed by atoms with Gasteiger partial charge in [-0.1, -0.05) is 34.1 Å². The van der Waals surface area contributed by atoms with Crippen molar-refractivity contribution < 1.29 is 14.1 Å². The SMILES string of the molecule is C[C@H](C(=O)Nc1ccc(Br)cc1)[NH+](C)Cc1ccccc1F. The Kier molecular flexibility index (Phi) is 5.69. The first-order chi connectivity index (χ1) is 10.5. The van der Waals surface area contributed by atoms with E-state index in [1.165, 1.54) is 6.07 Å². The molecule has 0 aromatic heterocycles. The lowest BCUT2D eigenvalue weighted by atomic mass is 10.1. The van der Waals surface area contributed by atoms with E-state index >= 15 is 0 Å². The van der Waals surface area contributed by atoms with Crippen LogP contribution in [0.3, 0.4) is 0 Å². The van der Waals surface area contributed by atoms with Crippen molar-refractivity contribution in [3.8, 4) is 0 Å². The van der Waals surface area contributed by atoms with Crippen LogP contribution in [0.1, 0.15) is 12.5 Å². The number of benzene rings is 2. The molecular formula is C17H19BrFN2O+. The lowest BCUT2D eigenvalue weighted by molar-refractivity contribution is -0.908. The Morgan fingerprint density at radius 1 is 1.23 bits per heavy atom. The number of hydrogen-bond donors (Lipinski definition) is 2. The summed E-state index contributed by atoms with van der Waals surface area (Å²) in [6.45, 7) is 2.30. The zero-order valence-corrected chi connectivity index (χ0v) is 14.2. The molecule has 22 heavy (non-hydrogen) atoms. The second-order valence-corrected chi connectivity index (χ2v) is 6.25. The van der Waals surface area contributed by atoms with E-state index < -0.39 is 0 Å². The van der Waals surface area contributed by atoms with Crippen LogP contribution in [0, 0.1) is 5.82 Å². The van der Waals surface area contributed by atoms with E-state index in [4.69, 9.17) is 0 Å². The minimum Gasteiger partial charge on any atom is -0.324 e. The maximum absolute atomic E-state index is 13.7. The average molecular weight is 366 g/mol. The molecule has 0 saturated carbocycles. The van der Waals surface area contributed by atoms with Gasteiger partial charge in [-0.2, -0.15) is 0 Å². The third-order valence-electron chi connectivity index (χ3n) is 3.67. The summed E-state index contributed by atoms with van der Waals surface area (Å²) < 4.78 is 14.6. The van der Waals surface area contributed by atoms with Crippen LogP contribution in [0.2, 0.25) is 0 Å². The fourth-order valence-electron chi connectivity index (χ4n) is 2.10. The Bertz CT molecular complexity index is 645. The van der Waals surface area contributed by atoms with Gasteiger partial charge in [-0.15, -0.1) is 0 Å². The molecular weight excluding hydrogens is 347 g/mol. The molecule has 0 spiro atoms. The van der Waals surface area contributed by atoms with E-state index in [-0.39, 0.29) is 17.8 Å². The van der Waals surface area contributed by atoms with E-state index in [0.717, 1.165) is 15.1 Å². The molecule has 1 amide bonds. The number of halogens is 2. The minimum atomic E-state index is -0.289. The highest BCUT2D eigenvalue weighted by Gasteiger charge is 2.22. The molecule has 0 radical (unpaired) electrons. The largest absolute Gasteiger partial charge is 0.324 e. The van der Waals surface area contributed by atoms with Crippen LogP contribution in [-0.4, -0.2) is 19.0 Å². The first-order valence-corrected chi connectivity index (χ1v) is 7.89. The Labute approximate surface area is 138 Å². The van der Waals surface area contributed by atoms with Crippen molar-refractivity contribution in [2.75, 3.05) is 12.4 Å². The monoisotopic (exact) mass is 365 g/mol. The first kappa shape index (κ1) is 16.6. The maximum atomic E-state index is 13.7. The van der Waals surface area contributed by atoms with Gasteiger partial charge in [-0.05, 0) is 37.3 Å². The zero-order chi connectivity index (χ0) is 16.1. The molecule has 5 heteroatoms. The normalized spacial score (nSPS) is 13.5. The maximum Gasteiger partial charge on any atom is 0.282 e. The molecule has 116 valence electrons. The zero-order valence-electron chi connectivity index (χ0n) is 12.6. The molecule has 2 aromatic carbocycles. The fourth-order valence-corrected chi connectivity index (χ4v) is 2.37. The highest BCUT2D eigenvalue weighted by molar-refractivity contribution is 9.10. The Morgan fingerprint density at radius 2 is 1.86 bits per heavy atom. The molecule has 0 aliphatic rings. The van der Waals surface area contributed by atoms with Gasteiger partial charge in [-0.3, -0.25) is 4.79 Å². The molecule has 0 aliphatic carbocycles. The number of quaternary nitrogens is 1. The van der Waals surface area contributed by atoms with Crippen molar-refractivity contribution in [2.24, 2.45) is 0 Å². The molecule has 3 nitrogen and oxygen atoms in total. The summed E-state index contributed by atoms with van der Waals surface area (Å²) in [4.78, 5) is 13.2. The third-order valence-corrected chi connectivity index (χ3v) is 4.20. The van der Waals surface area contributed by atoms with E-state index in [0.29, 0.717) is 12.1 Å². The third kappa shape index (κ3) is 4.39. The van der Waals surface area contributed by atoms with Crippen LogP contribution >= 0.6 is 15.9 Å². The molecule has 0 bridgehead atoms. The minimum absolute atomic E-state index is 0.0869. The molecule has 0 aliphatic heterocycles. The number of anilines is 1. The van der Waals surface area contributed by atoms with Gasteiger partial charge in [0, 0.05) is 15.7 Å². The van der Waals surface area contributed by atoms with Crippen molar-refractivity contribution in [1.29, 1.82) is 0 Å². The van der Waals surface area contributed by atoms with Crippen LogP contribution in [0.5, 0.6) is 0 Å². The van der Waals surface area contributed by atoms with Gasteiger partial charge in [0.2, 0.25) is 0 Å². The summed E-state index contributed by atoms with van der Waals surface area (Å²) in [6, 6.07) is 13.8. The molecule has 2 aromatic rings. The predicted octanol–water partition coefficient (Wildman–Crippen LogP) is 2.63. The Hall–Kier alpha value is -1.72. The lowest BCUT2D eigenvalue weighted by Gasteiger charge is -2.21. The molecule has 2 atom stereocenters. The van der Waals surface area contributed by atoms with Crippen molar-refractivity contribution in [3.05, 3.63) is 64.4 Å². The van der Waals surface area contributed by atoms with Crippen LogP contribution in [0.25, 0.3) is 0 Å². The van der Waals surface area contributed by atoms with Crippen LogP contribution in [0.15, 0.2) is 53.0 Å². The summed E-state index contributed by atoms with van der Waals surface area (Å²) in [7, 11) is 1.89. The topological polar surface area (TPSA) is 33.5 Å². The second kappa shape index (κ2) is 7.51. The number of amides is 1. The standard InChI is InChI=1S/C17H18BrFN2O/c1-12(17(22)20-15-9-7-14(18)8-10-15)21(2)11-13-5-3-4-6-16(13)19/h3-10,12H,11H2,1-2H3,(H,20,22)/p+1/t12-/m1/s1. The number of likely N-dealkylation sites (N-methyl/N-ethyl adjacent to an activating group) is 1. The van der Waals surface area contributed by atoms with Crippen LogP contribution in [0.4, 0.5) is 10.1 Å². The number of carbonyl (C=O) groups excluding carboxylic acids is 1. The molecule has 2 rings (SSSR count). The summed E-state index contributed by atoms with van der Waals surface area (Å²) in [5, 5.41) is 2.88. The number of hydrogen-bond acceptors (Lipinski definition) is 1. The Balaban J connectivity index is 1.97. The van der Waals surface area contributed by atoms with E-state index in [2.05, 4.69) is 21.2 Å². The smallest absolute Gasteiger partial charge is 0.282 e. The number of nitrogens with one attached hydrogen (secondary N) is 2. The predicted molar refractivity (Wildman–Crippen MR) is 89.2 cm³/mol. The second-order valence-electron chi connectivity index (χ2n) is 5.33. The molecule has 2 N–H and O–H groups in total. The molecule has 0 fully saturated rings. The van der Waals surface area contributed by atoms with E-state index in [1.807, 2.05) is 38.2 Å². The average Bonchev–Trinajstić information content (AvgIpc) is 2.51. The van der Waals surface area contributed by atoms with Gasteiger partial charge in [-0.25, -0.2) is 4.39 Å². The van der Waals surface area contributed by atoms with Gasteiger partial charge in [0.15, 0.2) is 6.04 Å². The van der Waals surface area contributed by atoms with Crippen LogP contribution < -0.4 is 10.2 Å². The van der Waals surface area contributed by atoms with E-state index in [1.54, 1.807) is 18.2 Å². The van der Waals surface area contributed by atoms with Gasteiger partial charge < -0.3 is 10.2 Å². The first-order valence-electron chi connectivity index (χ1n) is 7.09. The van der Waals surface area contributed by atoms with Gasteiger partial charge >= 0.3 is 0 Å². The molecule has 0 heterocycles. The molecule has 1 unspecified atom stereocenters. The van der Waals surface area contributed by atoms with Crippen molar-refractivity contribution in [3.63, 3.8) is 0 Å². The van der Waals surface area contributed by atoms with Gasteiger partial charge in [0.25, 0.3) is 5.91 Å². The summed E-state index contributed by atoms with van der Waals surface area (Å²) >= 11 is 3.36. The summed E-state index contributed by atoms with van der Waals surface area (Å²) in [5.74, 6) is -0.321. The number of rotatable bonds is 5. The lowest BCUT2D eigenvalue weighted by Crippen LogP contribution is -3.12. The van der Waals surface area contributed by atoms with Crippen molar-refractivity contribution in [2.45, 2.75) is 19.5 Å². The van der Waals surface area contributed by atoms with Crippen LogP contribution in [-0.2, 0) is 11.3 Å².